The van der Waals surface area contributed by atoms with Crippen LogP contribution in [0.4, 0.5) is 5.13 Å². The van der Waals surface area contributed by atoms with Gasteiger partial charge in [-0.25, -0.2) is 4.98 Å². The summed E-state index contributed by atoms with van der Waals surface area (Å²) in [6.45, 7) is 6.50. The lowest BCUT2D eigenvalue weighted by Crippen LogP contribution is -2.52. The molecule has 1 aromatic rings. The predicted octanol–water partition coefficient (Wildman–Crippen LogP) is 1.73. The lowest BCUT2D eigenvalue weighted by Gasteiger charge is -2.37. The van der Waals surface area contributed by atoms with Gasteiger partial charge in [0.1, 0.15) is 5.41 Å². The Kier molecular flexibility index (Phi) is 4.05. The van der Waals surface area contributed by atoms with Gasteiger partial charge in [0.05, 0.1) is 6.07 Å². The molecule has 1 saturated heterocycles. The first kappa shape index (κ1) is 13.8. The fraction of sp³-hybridized carbons (Fsp3) is 0.615. The van der Waals surface area contributed by atoms with Gasteiger partial charge in [-0.05, 0) is 13.3 Å². The van der Waals surface area contributed by atoms with Gasteiger partial charge in [0, 0.05) is 37.8 Å². The first-order chi connectivity index (χ1) is 9.10. The van der Waals surface area contributed by atoms with E-state index in [1.807, 2.05) is 12.3 Å². The molecule has 2 rings (SSSR count). The van der Waals surface area contributed by atoms with E-state index >= 15 is 0 Å². The van der Waals surface area contributed by atoms with Crippen molar-refractivity contribution in [2.75, 3.05) is 31.1 Å². The molecule has 0 aromatic carbocycles. The largest absolute Gasteiger partial charge is 0.345 e. The molecule has 1 amide bonds. The topological polar surface area (TPSA) is 60.2 Å². The zero-order valence-corrected chi connectivity index (χ0v) is 12.1. The van der Waals surface area contributed by atoms with E-state index in [-0.39, 0.29) is 5.91 Å². The maximum absolute atomic E-state index is 12.3. The molecule has 0 bridgehead atoms. The quantitative estimate of drug-likeness (QED) is 0.845. The van der Waals surface area contributed by atoms with Gasteiger partial charge in [-0.3, -0.25) is 4.79 Å². The van der Waals surface area contributed by atoms with Crippen LogP contribution in [-0.4, -0.2) is 42.0 Å². The maximum Gasteiger partial charge on any atom is 0.242 e. The maximum atomic E-state index is 12.3. The molecule has 0 N–H and O–H groups in total. The minimum Gasteiger partial charge on any atom is -0.345 e. The number of carbonyl (C=O) groups excluding carboxylic acids is 1. The second kappa shape index (κ2) is 5.57. The average Bonchev–Trinajstić information content (AvgIpc) is 3.00. The number of anilines is 1. The smallest absolute Gasteiger partial charge is 0.242 e. The summed E-state index contributed by atoms with van der Waals surface area (Å²) in [6, 6.07) is 2.15. The molecule has 0 spiro atoms. The minimum absolute atomic E-state index is 0.0451. The van der Waals surface area contributed by atoms with Gasteiger partial charge in [-0.1, -0.05) is 6.92 Å². The summed E-state index contributed by atoms with van der Waals surface area (Å²) in [5.41, 5.74) is -0.886. The van der Waals surface area contributed by atoms with Crippen LogP contribution in [0.3, 0.4) is 0 Å². The second-order valence-corrected chi connectivity index (χ2v) is 5.76. The highest BCUT2D eigenvalue weighted by molar-refractivity contribution is 7.13. The Hall–Kier alpha value is -1.61. The van der Waals surface area contributed by atoms with Crippen molar-refractivity contribution < 1.29 is 4.79 Å². The SMILES string of the molecule is CCC(C)(C#N)C(=O)N1CCN(c2nccs2)CC1. The van der Waals surface area contributed by atoms with Crippen molar-refractivity contribution in [2.45, 2.75) is 20.3 Å². The van der Waals surface area contributed by atoms with Crippen LogP contribution in [-0.2, 0) is 4.79 Å². The summed E-state index contributed by atoms with van der Waals surface area (Å²) in [6.07, 6.45) is 2.34. The van der Waals surface area contributed by atoms with Crippen LogP contribution in [0.25, 0.3) is 0 Å². The van der Waals surface area contributed by atoms with Gasteiger partial charge in [0.2, 0.25) is 5.91 Å². The Morgan fingerprint density at radius 1 is 1.53 bits per heavy atom. The monoisotopic (exact) mass is 278 g/mol. The van der Waals surface area contributed by atoms with E-state index in [2.05, 4.69) is 16.0 Å². The number of thiazole rings is 1. The number of aromatic nitrogens is 1. The molecular weight excluding hydrogens is 260 g/mol. The number of nitriles is 1. The molecule has 1 aliphatic heterocycles. The normalized spacial score (nSPS) is 18.8. The fourth-order valence-electron chi connectivity index (χ4n) is 2.10. The highest BCUT2D eigenvalue weighted by Crippen LogP contribution is 2.25. The van der Waals surface area contributed by atoms with E-state index in [4.69, 9.17) is 0 Å². The molecule has 2 heterocycles. The van der Waals surface area contributed by atoms with Gasteiger partial charge >= 0.3 is 0 Å². The van der Waals surface area contributed by atoms with Crippen LogP contribution in [0.1, 0.15) is 20.3 Å². The number of nitrogens with zero attached hydrogens (tertiary/aromatic N) is 4. The van der Waals surface area contributed by atoms with E-state index in [1.54, 1.807) is 29.4 Å². The van der Waals surface area contributed by atoms with E-state index in [9.17, 15) is 10.1 Å². The zero-order valence-electron chi connectivity index (χ0n) is 11.3. The zero-order chi connectivity index (χ0) is 13.9. The third-order valence-corrected chi connectivity index (χ3v) is 4.51. The van der Waals surface area contributed by atoms with Crippen molar-refractivity contribution in [1.29, 1.82) is 5.26 Å². The molecule has 1 aromatic heterocycles. The number of hydrogen-bond donors (Lipinski definition) is 0. The molecule has 1 aliphatic rings. The van der Waals surface area contributed by atoms with Crippen molar-refractivity contribution in [3.05, 3.63) is 11.6 Å². The summed E-state index contributed by atoms with van der Waals surface area (Å²) < 4.78 is 0. The molecule has 1 unspecified atom stereocenters. The Morgan fingerprint density at radius 2 is 2.21 bits per heavy atom. The molecular formula is C13H18N4OS. The van der Waals surface area contributed by atoms with Crippen molar-refractivity contribution in [3.63, 3.8) is 0 Å². The van der Waals surface area contributed by atoms with Crippen LogP contribution >= 0.6 is 11.3 Å². The van der Waals surface area contributed by atoms with Gasteiger partial charge in [0.15, 0.2) is 5.13 Å². The Morgan fingerprint density at radius 3 is 2.68 bits per heavy atom. The lowest BCUT2D eigenvalue weighted by atomic mass is 9.87. The van der Waals surface area contributed by atoms with Crippen molar-refractivity contribution >= 4 is 22.4 Å². The van der Waals surface area contributed by atoms with Gasteiger partial charge in [-0.2, -0.15) is 5.26 Å². The van der Waals surface area contributed by atoms with Crippen LogP contribution in [0.15, 0.2) is 11.6 Å². The predicted molar refractivity (Wildman–Crippen MR) is 74.9 cm³/mol. The number of piperazine rings is 1. The molecule has 6 heteroatoms. The highest BCUT2D eigenvalue weighted by atomic mass is 32.1. The number of carbonyl (C=O) groups is 1. The summed E-state index contributed by atoms with van der Waals surface area (Å²) >= 11 is 1.61. The van der Waals surface area contributed by atoms with Crippen LogP contribution in [0, 0.1) is 16.7 Å². The molecule has 0 saturated carbocycles. The van der Waals surface area contributed by atoms with Crippen molar-refractivity contribution in [3.8, 4) is 6.07 Å². The minimum atomic E-state index is -0.886. The molecule has 0 aliphatic carbocycles. The van der Waals surface area contributed by atoms with Crippen molar-refractivity contribution in [1.82, 2.24) is 9.88 Å². The highest BCUT2D eigenvalue weighted by Gasteiger charge is 2.36. The Balaban J connectivity index is 1.97. The first-order valence-corrected chi connectivity index (χ1v) is 7.34. The lowest BCUT2D eigenvalue weighted by molar-refractivity contribution is -0.138. The van der Waals surface area contributed by atoms with E-state index in [0.29, 0.717) is 19.5 Å². The summed E-state index contributed by atoms with van der Waals surface area (Å²) in [7, 11) is 0. The van der Waals surface area contributed by atoms with Crippen molar-refractivity contribution in [2.24, 2.45) is 5.41 Å². The third kappa shape index (κ3) is 2.71. The number of rotatable bonds is 3. The standard InChI is InChI=1S/C13H18N4OS/c1-3-13(2,10-14)11(18)16-5-7-17(8-6-16)12-15-4-9-19-12/h4,9H,3,5-8H2,1-2H3. The second-order valence-electron chi connectivity index (χ2n) is 4.89. The van der Waals surface area contributed by atoms with Gasteiger partial charge in [-0.15, -0.1) is 11.3 Å². The first-order valence-electron chi connectivity index (χ1n) is 6.46. The van der Waals surface area contributed by atoms with Gasteiger partial charge < -0.3 is 9.80 Å². The Labute approximate surface area is 117 Å². The molecule has 5 nitrogen and oxygen atoms in total. The van der Waals surface area contributed by atoms with E-state index < -0.39 is 5.41 Å². The number of hydrogen-bond acceptors (Lipinski definition) is 5. The van der Waals surface area contributed by atoms with Gasteiger partial charge in [0.25, 0.3) is 0 Å². The third-order valence-electron chi connectivity index (χ3n) is 3.68. The van der Waals surface area contributed by atoms with Crippen LogP contribution in [0.5, 0.6) is 0 Å². The van der Waals surface area contributed by atoms with E-state index in [1.165, 1.54) is 0 Å². The molecule has 1 fully saturated rings. The van der Waals surface area contributed by atoms with Crippen LogP contribution < -0.4 is 4.90 Å². The summed E-state index contributed by atoms with van der Waals surface area (Å²) in [4.78, 5) is 20.6. The van der Waals surface area contributed by atoms with Crippen LogP contribution in [0.2, 0.25) is 0 Å². The molecule has 102 valence electrons. The number of amides is 1. The molecule has 0 radical (unpaired) electrons. The average molecular weight is 278 g/mol. The van der Waals surface area contributed by atoms with E-state index in [0.717, 1.165) is 18.2 Å². The molecule has 1 atom stereocenters. The summed E-state index contributed by atoms with van der Waals surface area (Å²) in [5.74, 6) is -0.0451. The molecule has 19 heavy (non-hydrogen) atoms. The summed E-state index contributed by atoms with van der Waals surface area (Å²) in [5, 5.41) is 12.1. The fourth-order valence-corrected chi connectivity index (χ4v) is 2.80. The Bertz CT molecular complexity index is 473.